The van der Waals surface area contributed by atoms with Gasteiger partial charge in [-0.15, -0.1) is 0 Å². The normalized spacial score (nSPS) is 14.9. The van der Waals surface area contributed by atoms with Gasteiger partial charge in [0.1, 0.15) is 5.75 Å². The van der Waals surface area contributed by atoms with E-state index >= 15 is 0 Å². The summed E-state index contributed by atoms with van der Waals surface area (Å²) in [5.74, 6) is 0.324. The molecule has 2 aromatic carbocycles. The molecule has 0 aromatic heterocycles. The molecule has 1 aliphatic heterocycles. The standard InChI is InChI=1S/C16H14BNO3/c19-16-10-11-18-12-13-6-4-5-9-15(13)20-17(21-16)14-7-2-1-3-8-14/h1-9,12H,10-11H2. The number of para-hydroxylation sites is 1. The third-order valence-corrected chi connectivity index (χ3v) is 3.14. The third kappa shape index (κ3) is 3.31. The van der Waals surface area contributed by atoms with Crippen LogP contribution in [-0.2, 0) is 9.45 Å². The van der Waals surface area contributed by atoms with E-state index in [0.717, 1.165) is 11.0 Å². The molecule has 0 bridgehead atoms. The summed E-state index contributed by atoms with van der Waals surface area (Å²) < 4.78 is 11.3. The molecule has 104 valence electrons. The van der Waals surface area contributed by atoms with Crippen molar-refractivity contribution in [1.29, 1.82) is 0 Å². The maximum Gasteiger partial charge on any atom is 0.634 e. The fourth-order valence-corrected chi connectivity index (χ4v) is 2.08. The fourth-order valence-electron chi connectivity index (χ4n) is 2.08. The second-order valence-electron chi connectivity index (χ2n) is 4.67. The van der Waals surface area contributed by atoms with Gasteiger partial charge in [-0.1, -0.05) is 42.5 Å². The molecule has 0 saturated carbocycles. The molecule has 5 heteroatoms. The van der Waals surface area contributed by atoms with E-state index in [9.17, 15) is 4.79 Å². The lowest BCUT2D eigenvalue weighted by Crippen LogP contribution is -2.42. The van der Waals surface area contributed by atoms with Gasteiger partial charge >= 0.3 is 7.12 Å². The van der Waals surface area contributed by atoms with Crippen LogP contribution in [0, 0.1) is 0 Å². The first-order valence-corrected chi connectivity index (χ1v) is 6.83. The van der Waals surface area contributed by atoms with E-state index in [0.29, 0.717) is 12.3 Å². The molecule has 0 spiro atoms. The molecule has 0 amide bonds. The Bertz CT molecular complexity index is 658. The van der Waals surface area contributed by atoms with Crippen LogP contribution in [0.15, 0.2) is 59.6 Å². The van der Waals surface area contributed by atoms with Crippen molar-refractivity contribution in [2.45, 2.75) is 6.42 Å². The van der Waals surface area contributed by atoms with Gasteiger partial charge in [-0.2, -0.15) is 0 Å². The highest BCUT2D eigenvalue weighted by atomic mass is 16.6. The second-order valence-corrected chi connectivity index (χ2v) is 4.67. The summed E-state index contributed by atoms with van der Waals surface area (Å²) >= 11 is 0. The van der Waals surface area contributed by atoms with E-state index in [1.807, 2.05) is 54.6 Å². The first-order chi connectivity index (χ1) is 10.3. The van der Waals surface area contributed by atoms with Gasteiger partial charge in [0.2, 0.25) is 0 Å². The van der Waals surface area contributed by atoms with Crippen molar-refractivity contribution in [3.63, 3.8) is 0 Å². The maximum atomic E-state index is 11.8. The van der Waals surface area contributed by atoms with Gasteiger partial charge in [-0.25, -0.2) is 0 Å². The zero-order valence-corrected chi connectivity index (χ0v) is 11.4. The zero-order valence-electron chi connectivity index (χ0n) is 11.4. The second kappa shape index (κ2) is 6.26. The predicted molar refractivity (Wildman–Crippen MR) is 82.1 cm³/mol. The van der Waals surface area contributed by atoms with E-state index in [1.54, 1.807) is 6.21 Å². The summed E-state index contributed by atoms with van der Waals surface area (Å²) in [6.45, 7) is 0.411. The summed E-state index contributed by atoms with van der Waals surface area (Å²) in [4.78, 5) is 16.0. The Morgan fingerprint density at radius 3 is 2.57 bits per heavy atom. The number of fused-ring (bicyclic) bond motifs is 1. The SMILES string of the molecule is O=C1CCN=Cc2ccccc2OB(c2ccccc2)O1. The topological polar surface area (TPSA) is 47.9 Å². The molecule has 0 fully saturated rings. The third-order valence-electron chi connectivity index (χ3n) is 3.14. The van der Waals surface area contributed by atoms with Crippen LogP contribution in [0.2, 0.25) is 0 Å². The Labute approximate surface area is 123 Å². The van der Waals surface area contributed by atoms with Crippen LogP contribution in [0.4, 0.5) is 0 Å². The van der Waals surface area contributed by atoms with Crippen molar-refractivity contribution in [2.24, 2.45) is 4.99 Å². The fraction of sp³-hybridized carbons (Fsp3) is 0.125. The number of hydrogen-bond donors (Lipinski definition) is 0. The van der Waals surface area contributed by atoms with E-state index < -0.39 is 7.12 Å². The number of carbonyl (C=O) groups is 1. The van der Waals surface area contributed by atoms with Crippen molar-refractivity contribution in [1.82, 2.24) is 0 Å². The highest BCUT2D eigenvalue weighted by molar-refractivity contribution is 6.63. The molecular weight excluding hydrogens is 265 g/mol. The molecule has 2 aromatic rings. The molecule has 1 aliphatic rings. The highest BCUT2D eigenvalue weighted by Gasteiger charge is 2.29. The molecule has 1 heterocycles. The van der Waals surface area contributed by atoms with Gasteiger partial charge in [0.05, 0.1) is 6.42 Å². The van der Waals surface area contributed by atoms with Crippen LogP contribution < -0.4 is 10.1 Å². The lowest BCUT2D eigenvalue weighted by atomic mass is 9.78. The van der Waals surface area contributed by atoms with Crippen molar-refractivity contribution in [2.75, 3.05) is 6.54 Å². The minimum Gasteiger partial charge on any atom is -0.521 e. The molecule has 3 rings (SSSR count). The number of nitrogens with zero attached hydrogens (tertiary/aromatic N) is 1. The van der Waals surface area contributed by atoms with Gasteiger partial charge < -0.3 is 9.31 Å². The van der Waals surface area contributed by atoms with E-state index in [-0.39, 0.29) is 12.4 Å². The van der Waals surface area contributed by atoms with Gasteiger partial charge in [0.25, 0.3) is 5.97 Å². The first kappa shape index (κ1) is 13.4. The largest absolute Gasteiger partial charge is 0.634 e. The monoisotopic (exact) mass is 279 g/mol. The van der Waals surface area contributed by atoms with Crippen molar-refractivity contribution >= 4 is 24.8 Å². The molecule has 0 saturated heterocycles. The van der Waals surface area contributed by atoms with Crippen LogP contribution in [0.25, 0.3) is 0 Å². The van der Waals surface area contributed by atoms with Crippen LogP contribution in [0.1, 0.15) is 12.0 Å². The first-order valence-electron chi connectivity index (χ1n) is 6.83. The van der Waals surface area contributed by atoms with Crippen molar-refractivity contribution < 1.29 is 14.1 Å². The zero-order chi connectivity index (χ0) is 14.5. The van der Waals surface area contributed by atoms with Crippen LogP contribution >= 0.6 is 0 Å². The lowest BCUT2D eigenvalue weighted by molar-refractivity contribution is -0.135. The maximum absolute atomic E-state index is 11.8. The molecule has 4 nitrogen and oxygen atoms in total. The lowest BCUT2D eigenvalue weighted by Gasteiger charge is -2.18. The Balaban J connectivity index is 1.97. The average Bonchev–Trinajstić information content (AvgIpc) is 2.53. The molecule has 0 atom stereocenters. The minimum absolute atomic E-state index is 0.241. The number of carbonyl (C=O) groups excluding carboxylic acids is 1. The minimum atomic E-state index is -0.744. The van der Waals surface area contributed by atoms with Gasteiger partial charge in [-0.3, -0.25) is 9.79 Å². The highest BCUT2D eigenvalue weighted by Crippen LogP contribution is 2.18. The quantitative estimate of drug-likeness (QED) is 0.748. The summed E-state index contributed by atoms with van der Waals surface area (Å²) in [5.41, 5.74) is 1.68. The van der Waals surface area contributed by atoms with Gasteiger partial charge in [0, 0.05) is 23.8 Å². The molecule has 0 N–H and O–H groups in total. The van der Waals surface area contributed by atoms with E-state index in [1.165, 1.54) is 0 Å². The number of rotatable bonds is 1. The van der Waals surface area contributed by atoms with E-state index in [4.69, 9.17) is 9.31 Å². The summed E-state index contributed by atoms with van der Waals surface area (Å²) in [6, 6.07) is 17.0. The molecular formula is C16H14BNO3. The summed E-state index contributed by atoms with van der Waals surface area (Å²) in [5, 5.41) is 0. The Morgan fingerprint density at radius 1 is 0.952 bits per heavy atom. The predicted octanol–water partition coefficient (Wildman–Crippen LogP) is 1.83. The molecule has 21 heavy (non-hydrogen) atoms. The van der Waals surface area contributed by atoms with Crippen molar-refractivity contribution in [3.05, 3.63) is 60.2 Å². The molecule has 0 radical (unpaired) electrons. The van der Waals surface area contributed by atoms with Crippen LogP contribution in [0.5, 0.6) is 5.75 Å². The average molecular weight is 279 g/mol. The Hall–Kier alpha value is -2.56. The summed E-state index contributed by atoms with van der Waals surface area (Å²) in [7, 11) is -0.744. The summed E-state index contributed by atoms with van der Waals surface area (Å²) in [6.07, 6.45) is 1.97. The van der Waals surface area contributed by atoms with Gasteiger partial charge in [-0.05, 0) is 12.1 Å². The Kier molecular flexibility index (Phi) is 4.01. The Morgan fingerprint density at radius 2 is 1.71 bits per heavy atom. The number of hydrogen-bond acceptors (Lipinski definition) is 4. The molecule has 0 aliphatic carbocycles. The van der Waals surface area contributed by atoms with Crippen LogP contribution in [0.3, 0.4) is 0 Å². The smallest absolute Gasteiger partial charge is 0.521 e. The van der Waals surface area contributed by atoms with E-state index in [2.05, 4.69) is 4.99 Å². The molecule has 0 unspecified atom stereocenters. The van der Waals surface area contributed by atoms with Crippen molar-refractivity contribution in [3.8, 4) is 5.75 Å². The number of benzene rings is 2. The number of aliphatic imine (C=N–C) groups is 1. The van der Waals surface area contributed by atoms with Gasteiger partial charge in [0.15, 0.2) is 0 Å². The van der Waals surface area contributed by atoms with Crippen LogP contribution in [-0.4, -0.2) is 25.8 Å².